The second-order valence-electron chi connectivity index (χ2n) is 9.11. The molecule has 3 rings (SSSR count). The first-order valence-electron chi connectivity index (χ1n) is 12.5. The Bertz CT molecular complexity index is 1440. The summed E-state index contributed by atoms with van der Waals surface area (Å²) in [6.45, 7) is 1.17. The zero-order valence-corrected chi connectivity index (χ0v) is 24.7. The van der Waals surface area contributed by atoms with Crippen LogP contribution in [0.1, 0.15) is 18.1 Å². The van der Waals surface area contributed by atoms with E-state index < -0.39 is 40.4 Å². The first-order valence-corrected chi connectivity index (χ1v) is 14.6. The van der Waals surface area contributed by atoms with Crippen LogP contribution in [0.4, 0.5) is 10.1 Å². The predicted octanol–water partition coefficient (Wildman–Crippen LogP) is 4.52. The Morgan fingerprint density at radius 2 is 1.62 bits per heavy atom. The minimum absolute atomic E-state index is 0.128. The van der Waals surface area contributed by atoms with Gasteiger partial charge >= 0.3 is 10.2 Å². The third-order valence-electron chi connectivity index (χ3n) is 6.12. The lowest BCUT2D eigenvalue weighted by Crippen LogP contribution is -2.54. The number of hydrogen-bond donors (Lipinski definition) is 1. The van der Waals surface area contributed by atoms with Gasteiger partial charge in [-0.2, -0.15) is 12.7 Å². The molecule has 1 unspecified atom stereocenters. The molecule has 3 aromatic rings. The molecule has 1 atom stereocenters. The first-order chi connectivity index (χ1) is 18.9. The SMILES string of the molecule is CCNC(=O)C(Cc1ccccc1)N(Cc1ccc(Cl)cc1Cl)C(=O)CN(c1ccccc1F)S(=O)(=O)N(C)C. The van der Waals surface area contributed by atoms with E-state index in [1.807, 2.05) is 30.3 Å². The van der Waals surface area contributed by atoms with Gasteiger partial charge in [0.2, 0.25) is 11.8 Å². The van der Waals surface area contributed by atoms with Crippen LogP contribution < -0.4 is 9.62 Å². The molecule has 0 saturated heterocycles. The Hall–Kier alpha value is -3.18. The van der Waals surface area contributed by atoms with Gasteiger partial charge in [-0.05, 0) is 42.3 Å². The number of likely N-dealkylation sites (N-methyl/N-ethyl adjacent to an activating group) is 1. The van der Waals surface area contributed by atoms with Crippen molar-refractivity contribution in [3.63, 3.8) is 0 Å². The van der Waals surface area contributed by atoms with Crippen molar-refractivity contribution in [2.45, 2.75) is 25.9 Å². The van der Waals surface area contributed by atoms with E-state index in [2.05, 4.69) is 5.32 Å². The van der Waals surface area contributed by atoms with Crippen molar-refractivity contribution in [3.8, 4) is 0 Å². The number of hydrogen-bond acceptors (Lipinski definition) is 4. The first kappa shape index (κ1) is 31.3. The Morgan fingerprint density at radius 3 is 2.23 bits per heavy atom. The summed E-state index contributed by atoms with van der Waals surface area (Å²) >= 11 is 12.5. The van der Waals surface area contributed by atoms with Gasteiger partial charge in [0, 0.05) is 43.7 Å². The lowest BCUT2D eigenvalue weighted by atomic mass is 10.0. The number of amides is 2. The lowest BCUT2D eigenvalue weighted by Gasteiger charge is -2.34. The highest BCUT2D eigenvalue weighted by Gasteiger charge is 2.35. The van der Waals surface area contributed by atoms with E-state index in [0.29, 0.717) is 21.4 Å². The molecule has 0 aromatic heterocycles. The van der Waals surface area contributed by atoms with Gasteiger partial charge < -0.3 is 10.2 Å². The van der Waals surface area contributed by atoms with Gasteiger partial charge in [0.15, 0.2) is 0 Å². The van der Waals surface area contributed by atoms with Crippen LogP contribution in [0, 0.1) is 5.82 Å². The summed E-state index contributed by atoms with van der Waals surface area (Å²) in [6, 6.07) is 18.1. The fourth-order valence-corrected chi connectivity index (χ4v) is 5.57. The number of nitrogens with one attached hydrogen (secondary N) is 1. The van der Waals surface area contributed by atoms with E-state index in [1.165, 1.54) is 43.3 Å². The second-order valence-corrected chi connectivity index (χ2v) is 12.0. The normalized spacial score (nSPS) is 12.2. The van der Waals surface area contributed by atoms with Crippen LogP contribution in [0.3, 0.4) is 0 Å². The highest BCUT2D eigenvalue weighted by atomic mass is 35.5. The maximum absolute atomic E-state index is 14.9. The van der Waals surface area contributed by atoms with Gasteiger partial charge in [0.05, 0.1) is 5.69 Å². The van der Waals surface area contributed by atoms with Crippen LogP contribution in [0.25, 0.3) is 0 Å². The van der Waals surface area contributed by atoms with Gasteiger partial charge in [-0.15, -0.1) is 0 Å². The summed E-state index contributed by atoms with van der Waals surface area (Å²) < 4.78 is 43.0. The average molecular weight is 610 g/mol. The molecule has 2 amide bonds. The molecule has 0 spiro atoms. The molecule has 0 aliphatic rings. The van der Waals surface area contributed by atoms with Crippen LogP contribution in [0.5, 0.6) is 0 Å². The molecule has 0 saturated carbocycles. The molecule has 0 aliphatic heterocycles. The zero-order valence-electron chi connectivity index (χ0n) is 22.4. The van der Waals surface area contributed by atoms with Crippen LogP contribution >= 0.6 is 23.2 Å². The summed E-state index contributed by atoms with van der Waals surface area (Å²) in [5, 5.41) is 3.42. The summed E-state index contributed by atoms with van der Waals surface area (Å²) in [7, 11) is -1.74. The fraction of sp³-hybridized carbons (Fsp3) is 0.286. The molecule has 0 radical (unpaired) electrons. The van der Waals surface area contributed by atoms with Crippen molar-refractivity contribution < 1.29 is 22.4 Å². The summed E-state index contributed by atoms with van der Waals surface area (Å²) in [5.74, 6) is -1.98. The summed E-state index contributed by atoms with van der Waals surface area (Å²) in [5.41, 5.74) is 0.979. The number of para-hydroxylation sites is 1. The number of carbonyl (C=O) groups is 2. The quantitative estimate of drug-likeness (QED) is 0.327. The third kappa shape index (κ3) is 7.72. The van der Waals surface area contributed by atoms with Gasteiger partial charge in [-0.25, -0.2) is 8.70 Å². The van der Waals surface area contributed by atoms with Crippen LogP contribution in [-0.2, 0) is 32.8 Å². The van der Waals surface area contributed by atoms with Crippen LogP contribution in [0.15, 0.2) is 72.8 Å². The highest BCUT2D eigenvalue weighted by Crippen LogP contribution is 2.26. The van der Waals surface area contributed by atoms with Crippen molar-refractivity contribution in [2.75, 3.05) is 31.5 Å². The zero-order chi connectivity index (χ0) is 29.4. The van der Waals surface area contributed by atoms with E-state index in [-0.39, 0.29) is 23.7 Å². The Balaban J connectivity index is 2.12. The largest absolute Gasteiger partial charge is 0.355 e. The summed E-state index contributed by atoms with van der Waals surface area (Å²) in [6.07, 6.45) is 0.143. The van der Waals surface area contributed by atoms with Crippen molar-refractivity contribution >= 4 is 50.9 Å². The van der Waals surface area contributed by atoms with Gasteiger partial charge in [-0.3, -0.25) is 9.59 Å². The molecular formula is C28H31Cl2FN4O4S. The number of rotatable bonds is 12. The number of anilines is 1. The minimum atomic E-state index is -4.31. The average Bonchev–Trinajstić information content (AvgIpc) is 2.91. The fourth-order valence-electron chi connectivity index (χ4n) is 4.04. The second kappa shape index (κ2) is 13.9. The van der Waals surface area contributed by atoms with E-state index >= 15 is 0 Å². The summed E-state index contributed by atoms with van der Waals surface area (Å²) in [4.78, 5) is 28.7. The molecule has 8 nitrogen and oxygen atoms in total. The molecule has 0 bridgehead atoms. The minimum Gasteiger partial charge on any atom is -0.355 e. The Labute approximate surface area is 244 Å². The molecular weight excluding hydrogens is 578 g/mol. The van der Waals surface area contributed by atoms with Gasteiger partial charge in [-0.1, -0.05) is 71.7 Å². The molecule has 40 heavy (non-hydrogen) atoms. The molecule has 1 N–H and O–H groups in total. The molecule has 12 heteroatoms. The maximum Gasteiger partial charge on any atom is 0.304 e. The van der Waals surface area contributed by atoms with Crippen LogP contribution in [-0.4, -0.2) is 62.7 Å². The molecule has 0 aliphatic carbocycles. The van der Waals surface area contributed by atoms with E-state index in [4.69, 9.17) is 23.2 Å². The molecule has 3 aromatic carbocycles. The topological polar surface area (TPSA) is 90.0 Å². The smallest absolute Gasteiger partial charge is 0.304 e. The Morgan fingerprint density at radius 1 is 0.975 bits per heavy atom. The van der Waals surface area contributed by atoms with E-state index in [0.717, 1.165) is 15.9 Å². The van der Waals surface area contributed by atoms with E-state index in [9.17, 15) is 22.4 Å². The van der Waals surface area contributed by atoms with Gasteiger partial charge in [0.25, 0.3) is 0 Å². The number of nitrogens with zero attached hydrogens (tertiary/aromatic N) is 3. The standard InChI is InChI=1S/C28H31Cl2FN4O4S/c1-4-32-28(37)26(16-20-10-6-5-7-11-20)34(18-21-14-15-22(29)17-23(21)30)27(36)19-35(40(38,39)33(2)3)25-13-9-8-12-24(25)31/h5-15,17,26H,4,16,18-19H2,1-3H3,(H,32,37). The number of benzene rings is 3. The monoisotopic (exact) mass is 608 g/mol. The Kier molecular flexibility index (Phi) is 10.9. The van der Waals surface area contributed by atoms with Crippen molar-refractivity contribution in [3.05, 3.63) is 99.8 Å². The highest BCUT2D eigenvalue weighted by molar-refractivity contribution is 7.90. The molecule has 214 valence electrons. The number of halogens is 3. The maximum atomic E-state index is 14.9. The van der Waals surface area contributed by atoms with Crippen LogP contribution in [0.2, 0.25) is 10.0 Å². The van der Waals surface area contributed by atoms with Crippen molar-refractivity contribution in [1.29, 1.82) is 0 Å². The van der Waals surface area contributed by atoms with Gasteiger partial charge in [0.1, 0.15) is 18.4 Å². The third-order valence-corrected chi connectivity index (χ3v) is 8.51. The molecule has 0 fully saturated rings. The van der Waals surface area contributed by atoms with E-state index in [1.54, 1.807) is 19.1 Å². The van der Waals surface area contributed by atoms with Crippen molar-refractivity contribution in [1.82, 2.24) is 14.5 Å². The lowest BCUT2D eigenvalue weighted by molar-refractivity contribution is -0.140. The molecule has 0 heterocycles. The predicted molar refractivity (Wildman–Crippen MR) is 156 cm³/mol. The van der Waals surface area contributed by atoms with Crippen molar-refractivity contribution in [2.24, 2.45) is 0 Å². The number of carbonyl (C=O) groups excluding carboxylic acids is 2.